The van der Waals surface area contributed by atoms with Crippen molar-refractivity contribution in [3.05, 3.63) is 53.3 Å². The lowest BCUT2D eigenvalue weighted by atomic mass is 10.1. The van der Waals surface area contributed by atoms with Crippen LogP contribution in [-0.2, 0) is 14.6 Å². The maximum absolute atomic E-state index is 13.1. The minimum Gasteiger partial charge on any atom is -0.308 e. The van der Waals surface area contributed by atoms with Gasteiger partial charge in [-0.2, -0.15) is 0 Å². The van der Waals surface area contributed by atoms with E-state index < -0.39 is 27.3 Å². The fourth-order valence-electron chi connectivity index (χ4n) is 2.96. The summed E-state index contributed by atoms with van der Waals surface area (Å²) in [4.78, 5) is 21.0. The number of benzene rings is 2. The fraction of sp³-hybridized carbons (Fsp3) is 0.333. The highest BCUT2D eigenvalue weighted by Crippen LogP contribution is 2.33. The largest absolute Gasteiger partial charge is 0.308 e. The molecule has 3 rings (SSSR count). The van der Waals surface area contributed by atoms with Crippen LogP contribution < -0.4 is 4.90 Å². The summed E-state index contributed by atoms with van der Waals surface area (Å²) in [5.41, 5.74) is 2.87. The molecule has 0 unspecified atom stereocenters. The first kappa shape index (κ1) is 25.2. The molecule has 10 heteroatoms. The van der Waals surface area contributed by atoms with Crippen LogP contribution in [0.1, 0.15) is 11.1 Å². The zero-order valence-corrected chi connectivity index (χ0v) is 20.2. The molecule has 0 radical (unpaired) electrons. The molecule has 2 aromatic carbocycles. The van der Waals surface area contributed by atoms with Crippen molar-refractivity contribution in [3.8, 4) is 0 Å². The standard InChI is InChI=1S/C21H24FN3O3S2.ClH/c1-14-5-6-15(2)20-19(14)23-21(29-20)25(12-11-24(3)4)18(26)13-30(27,28)17-9-7-16(22)8-10-17;/h5-10H,11-13H2,1-4H3;1H. The summed E-state index contributed by atoms with van der Waals surface area (Å²) in [5.74, 6) is -1.80. The van der Waals surface area contributed by atoms with E-state index in [-0.39, 0.29) is 17.3 Å². The van der Waals surface area contributed by atoms with Gasteiger partial charge in [-0.3, -0.25) is 9.69 Å². The van der Waals surface area contributed by atoms with Gasteiger partial charge in [0.1, 0.15) is 11.6 Å². The highest BCUT2D eigenvalue weighted by molar-refractivity contribution is 7.92. The fourth-order valence-corrected chi connectivity index (χ4v) is 5.31. The van der Waals surface area contributed by atoms with Gasteiger partial charge in [-0.25, -0.2) is 17.8 Å². The van der Waals surface area contributed by atoms with Crippen LogP contribution in [0.3, 0.4) is 0 Å². The molecule has 0 atom stereocenters. The van der Waals surface area contributed by atoms with Gasteiger partial charge in [-0.15, -0.1) is 12.4 Å². The molecule has 0 bridgehead atoms. The number of likely N-dealkylation sites (N-methyl/N-ethyl adjacent to an activating group) is 1. The third-order valence-electron chi connectivity index (χ3n) is 4.72. The van der Waals surface area contributed by atoms with Crippen molar-refractivity contribution < 1.29 is 17.6 Å². The number of carbonyl (C=O) groups excluding carboxylic acids is 1. The smallest absolute Gasteiger partial charge is 0.244 e. The summed E-state index contributed by atoms with van der Waals surface area (Å²) in [7, 11) is -0.150. The maximum Gasteiger partial charge on any atom is 0.244 e. The number of carbonyl (C=O) groups is 1. The minimum absolute atomic E-state index is 0. The van der Waals surface area contributed by atoms with Crippen LogP contribution in [0.2, 0.25) is 0 Å². The predicted octanol–water partition coefficient (Wildman–Crippen LogP) is 3.84. The highest BCUT2D eigenvalue weighted by atomic mass is 35.5. The summed E-state index contributed by atoms with van der Waals surface area (Å²) in [6.07, 6.45) is 0. The number of amides is 1. The number of halogens is 2. The zero-order chi connectivity index (χ0) is 22.1. The van der Waals surface area contributed by atoms with Crippen molar-refractivity contribution in [2.24, 2.45) is 0 Å². The predicted molar refractivity (Wildman–Crippen MR) is 126 cm³/mol. The second-order valence-corrected chi connectivity index (χ2v) is 10.4. The normalized spacial score (nSPS) is 11.5. The van der Waals surface area contributed by atoms with Crippen LogP contribution in [0.5, 0.6) is 0 Å². The second kappa shape index (κ2) is 10.0. The summed E-state index contributed by atoms with van der Waals surface area (Å²) in [6, 6.07) is 8.47. The van der Waals surface area contributed by atoms with Gasteiger partial charge in [0, 0.05) is 13.1 Å². The zero-order valence-electron chi connectivity index (χ0n) is 17.8. The molecule has 0 saturated carbocycles. The lowest BCUT2D eigenvalue weighted by Crippen LogP contribution is -2.40. The average Bonchev–Trinajstić information content (AvgIpc) is 3.11. The molecule has 0 aliphatic rings. The quantitative estimate of drug-likeness (QED) is 0.475. The lowest BCUT2D eigenvalue weighted by Gasteiger charge is -2.22. The molecule has 0 aliphatic heterocycles. The van der Waals surface area contributed by atoms with Crippen molar-refractivity contribution in [1.29, 1.82) is 0 Å². The molecule has 6 nitrogen and oxygen atoms in total. The Bertz CT molecular complexity index is 1140. The number of rotatable bonds is 7. The number of anilines is 1. The van der Waals surface area contributed by atoms with Crippen LogP contribution in [-0.4, -0.2) is 57.1 Å². The van der Waals surface area contributed by atoms with Crippen molar-refractivity contribution in [1.82, 2.24) is 9.88 Å². The number of hydrogen-bond acceptors (Lipinski definition) is 6. The number of fused-ring (bicyclic) bond motifs is 1. The number of hydrogen-bond donors (Lipinski definition) is 0. The van der Waals surface area contributed by atoms with E-state index in [2.05, 4.69) is 4.98 Å². The van der Waals surface area contributed by atoms with Gasteiger partial charge < -0.3 is 4.90 Å². The number of aromatic nitrogens is 1. The van der Waals surface area contributed by atoms with Gasteiger partial charge in [0.25, 0.3) is 0 Å². The molecule has 0 spiro atoms. The van der Waals surface area contributed by atoms with Gasteiger partial charge >= 0.3 is 0 Å². The molecular weight excluding hydrogens is 461 g/mol. The molecule has 1 heterocycles. The van der Waals surface area contributed by atoms with Gasteiger partial charge in [-0.05, 0) is 63.3 Å². The molecule has 168 valence electrons. The van der Waals surface area contributed by atoms with Crippen molar-refractivity contribution in [2.45, 2.75) is 18.7 Å². The van der Waals surface area contributed by atoms with Crippen LogP contribution in [0.15, 0.2) is 41.3 Å². The number of thiazole rings is 1. The van der Waals surface area contributed by atoms with Gasteiger partial charge in [-0.1, -0.05) is 23.5 Å². The molecule has 0 saturated heterocycles. The number of sulfone groups is 1. The van der Waals surface area contributed by atoms with Gasteiger partial charge in [0.15, 0.2) is 15.0 Å². The van der Waals surface area contributed by atoms with E-state index in [1.165, 1.54) is 28.4 Å². The summed E-state index contributed by atoms with van der Waals surface area (Å²) in [5, 5.41) is 0.476. The second-order valence-electron chi connectivity index (χ2n) is 7.44. The van der Waals surface area contributed by atoms with Crippen LogP contribution in [0.4, 0.5) is 9.52 Å². The Hall–Kier alpha value is -2.07. The molecule has 1 amide bonds. The topological polar surface area (TPSA) is 70.6 Å². The van der Waals surface area contributed by atoms with E-state index in [1.807, 2.05) is 45.0 Å². The first-order valence-corrected chi connectivity index (χ1v) is 11.9. The van der Waals surface area contributed by atoms with Crippen molar-refractivity contribution >= 4 is 54.8 Å². The van der Waals surface area contributed by atoms with Crippen LogP contribution >= 0.6 is 23.7 Å². The van der Waals surface area contributed by atoms with Gasteiger partial charge in [0.05, 0.1) is 15.1 Å². The molecule has 0 fully saturated rings. The minimum atomic E-state index is -3.91. The van der Waals surface area contributed by atoms with E-state index in [0.717, 1.165) is 33.5 Å². The van der Waals surface area contributed by atoms with Crippen molar-refractivity contribution in [2.75, 3.05) is 37.8 Å². The average molecular weight is 486 g/mol. The molecule has 0 N–H and O–H groups in total. The molecule has 31 heavy (non-hydrogen) atoms. The van der Waals surface area contributed by atoms with Gasteiger partial charge in [0.2, 0.25) is 5.91 Å². The lowest BCUT2D eigenvalue weighted by molar-refractivity contribution is -0.116. The van der Waals surface area contributed by atoms with E-state index in [4.69, 9.17) is 0 Å². The van der Waals surface area contributed by atoms with E-state index in [0.29, 0.717) is 18.2 Å². The Morgan fingerprint density at radius 3 is 2.23 bits per heavy atom. The molecular formula is C21H25ClFN3O3S2. The Balaban J connectivity index is 0.00000341. The third kappa shape index (κ3) is 5.79. The maximum atomic E-state index is 13.1. The van der Waals surface area contributed by atoms with E-state index >= 15 is 0 Å². The number of aryl methyl sites for hydroxylation is 2. The van der Waals surface area contributed by atoms with E-state index in [9.17, 15) is 17.6 Å². The molecule has 1 aromatic heterocycles. The van der Waals surface area contributed by atoms with Crippen molar-refractivity contribution in [3.63, 3.8) is 0 Å². The first-order valence-electron chi connectivity index (χ1n) is 9.38. The first-order chi connectivity index (χ1) is 14.1. The Kier molecular flexibility index (Phi) is 8.15. The van der Waals surface area contributed by atoms with E-state index in [1.54, 1.807) is 0 Å². The van der Waals surface area contributed by atoms with Crippen LogP contribution in [0, 0.1) is 19.7 Å². The Morgan fingerprint density at radius 2 is 1.65 bits per heavy atom. The Morgan fingerprint density at radius 1 is 1.03 bits per heavy atom. The SMILES string of the molecule is Cc1ccc(C)c2sc(N(CCN(C)C)C(=O)CS(=O)(=O)c3ccc(F)cc3)nc12.Cl. The summed E-state index contributed by atoms with van der Waals surface area (Å²) < 4.78 is 39.6. The summed E-state index contributed by atoms with van der Waals surface area (Å²) >= 11 is 1.38. The highest BCUT2D eigenvalue weighted by Gasteiger charge is 2.27. The van der Waals surface area contributed by atoms with Crippen LogP contribution in [0.25, 0.3) is 10.2 Å². The Labute approximate surface area is 192 Å². The summed E-state index contributed by atoms with van der Waals surface area (Å²) in [6.45, 7) is 4.80. The molecule has 0 aliphatic carbocycles. The third-order valence-corrected chi connectivity index (χ3v) is 7.55. The molecule has 3 aromatic rings. The monoisotopic (exact) mass is 485 g/mol. The number of nitrogens with zero attached hydrogens (tertiary/aromatic N) is 3.